The molecule has 2 atom stereocenters. The average Bonchev–Trinajstić information content (AvgIpc) is 3.10. The van der Waals surface area contributed by atoms with Gasteiger partial charge in [-0.15, -0.1) is 0 Å². The average molecular weight is 277 g/mol. The van der Waals surface area contributed by atoms with Crippen LogP contribution in [0.1, 0.15) is 43.7 Å². The zero-order valence-electron chi connectivity index (χ0n) is 11.4. The van der Waals surface area contributed by atoms with E-state index in [-0.39, 0.29) is 23.8 Å². The van der Waals surface area contributed by atoms with Gasteiger partial charge in [-0.2, -0.15) is 0 Å². The van der Waals surface area contributed by atoms with Crippen molar-refractivity contribution in [1.82, 2.24) is 16.2 Å². The Balaban J connectivity index is 1.55. The van der Waals surface area contributed by atoms with E-state index in [0.717, 1.165) is 18.4 Å². The van der Waals surface area contributed by atoms with Crippen molar-refractivity contribution in [3.8, 4) is 0 Å². The van der Waals surface area contributed by atoms with E-state index in [0.29, 0.717) is 12.5 Å². The maximum absolute atomic E-state index is 12.9. The summed E-state index contributed by atoms with van der Waals surface area (Å²) in [6.07, 6.45) is 5.28. The molecule has 0 radical (unpaired) electrons. The molecule has 1 aromatic rings. The molecule has 2 fully saturated rings. The van der Waals surface area contributed by atoms with E-state index in [1.165, 1.54) is 25.0 Å². The second kappa shape index (κ2) is 5.89. The summed E-state index contributed by atoms with van der Waals surface area (Å²) in [7, 11) is 0. The third kappa shape index (κ3) is 2.99. The summed E-state index contributed by atoms with van der Waals surface area (Å²) in [4.78, 5) is 12.2. The smallest absolute Gasteiger partial charge is 0.238 e. The fourth-order valence-electron chi connectivity index (χ4n) is 3.01. The maximum atomic E-state index is 12.9. The number of rotatable bonds is 3. The molecule has 1 amide bonds. The molecule has 1 aromatic carbocycles. The third-order valence-electron chi connectivity index (χ3n) is 4.19. The molecule has 1 saturated heterocycles. The molecule has 1 aliphatic carbocycles. The Morgan fingerprint density at radius 2 is 1.85 bits per heavy atom. The number of hydrazine groups is 1. The van der Waals surface area contributed by atoms with Gasteiger partial charge in [0.05, 0.1) is 0 Å². The summed E-state index contributed by atoms with van der Waals surface area (Å²) in [6, 6.07) is 6.58. The van der Waals surface area contributed by atoms with Crippen LogP contribution in [0.15, 0.2) is 24.3 Å². The highest BCUT2D eigenvalue weighted by molar-refractivity contribution is 5.82. The van der Waals surface area contributed by atoms with Gasteiger partial charge in [0.25, 0.3) is 0 Å². The summed E-state index contributed by atoms with van der Waals surface area (Å²) in [5.41, 5.74) is 7.15. The van der Waals surface area contributed by atoms with Crippen molar-refractivity contribution in [3.05, 3.63) is 35.6 Å². The summed E-state index contributed by atoms with van der Waals surface area (Å²) in [6.45, 7) is 0. The van der Waals surface area contributed by atoms with Crippen molar-refractivity contribution in [3.63, 3.8) is 0 Å². The minimum atomic E-state index is -0.241. The van der Waals surface area contributed by atoms with Crippen LogP contribution in [0.25, 0.3) is 0 Å². The summed E-state index contributed by atoms with van der Waals surface area (Å²) in [5.74, 6) is -0.177. The monoisotopic (exact) mass is 277 g/mol. The van der Waals surface area contributed by atoms with Crippen LogP contribution in [0.2, 0.25) is 0 Å². The highest BCUT2D eigenvalue weighted by Crippen LogP contribution is 2.23. The Labute approximate surface area is 118 Å². The fourth-order valence-corrected chi connectivity index (χ4v) is 3.01. The Bertz CT molecular complexity index is 471. The number of carbonyl (C=O) groups is 1. The van der Waals surface area contributed by atoms with Crippen LogP contribution in [0, 0.1) is 5.82 Å². The van der Waals surface area contributed by atoms with E-state index in [1.807, 2.05) is 0 Å². The topological polar surface area (TPSA) is 53.2 Å². The van der Waals surface area contributed by atoms with Crippen LogP contribution in [0.4, 0.5) is 4.39 Å². The van der Waals surface area contributed by atoms with Crippen LogP contribution in [-0.4, -0.2) is 18.0 Å². The van der Waals surface area contributed by atoms with Crippen LogP contribution in [-0.2, 0) is 4.79 Å². The van der Waals surface area contributed by atoms with Gasteiger partial charge in [-0.3, -0.25) is 4.79 Å². The molecule has 5 heteroatoms. The lowest BCUT2D eigenvalue weighted by atomic mass is 10.0. The Morgan fingerprint density at radius 3 is 2.55 bits per heavy atom. The number of amides is 1. The molecular formula is C15H20FN3O. The summed E-state index contributed by atoms with van der Waals surface area (Å²) in [5, 5.41) is 3.10. The minimum Gasteiger partial charge on any atom is -0.352 e. The molecule has 0 bridgehead atoms. The van der Waals surface area contributed by atoms with Crippen molar-refractivity contribution >= 4 is 5.91 Å². The minimum absolute atomic E-state index is 0.0509. The Hall–Kier alpha value is -1.46. The zero-order valence-corrected chi connectivity index (χ0v) is 11.4. The third-order valence-corrected chi connectivity index (χ3v) is 4.19. The van der Waals surface area contributed by atoms with Gasteiger partial charge < -0.3 is 5.32 Å². The lowest BCUT2D eigenvalue weighted by Gasteiger charge is -2.15. The first kappa shape index (κ1) is 13.5. The number of hydrogen-bond donors (Lipinski definition) is 3. The quantitative estimate of drug-likeness (QED) is 0.789. The number of halogens is 1. The molecule has 20 heavy (non-hydrogen) atoms. The molecule has 4 nitrogen and oxygen atoms in total. The first-order valence-electron chi connectivity index (χ1n) is 7.29. The molecule has 2 aliphatic rings. The first-order chi connectivity index (χ1) is 9.72. The Kier molecular flexibility index (Phi) is 3.98. The fraction of sp³-hybridized carbons (Fsp3) is 0.533. The van der Waals surface area contributed by atoms with Gasteiger partial charge >= 0.3 is 0 Å². The van der Waals surface area contributed by atoms with Gasteiger partial charge in [-0.1, -0.05) is 25.0 Å². The summed E-state index contributed by atoms with van der Waals surface area (Å²) >= 11 is 0. The molecule has 0 aromatic heterocycles. The van der Waals surface area contributed by atoms with E-state index < -0.39 is 0 Å². The van der Waals surface area contributed by atoms with Crippen molar-refractivity contribution in [1.29, 1.82) is 0 Å². The number of nitrogens with one attached hydrogen (secondary N) is 3. The number of benzene rings is 1. The number of hydrogen-bond acceptors (Lipinski definition) is 3. The number of carbonyl (C=O) groups excluding carboxylic acids is 1. The Morgan fingerprint density at radius 1 is 1.15 bits per heavy atom. The maximum Gasteiger partial charge on any atom is 0.238 e. The van der Waals surface area contributed by atoms with Gasteiger partial charge in [0.2, 0.25) is 5.91 Å². The van der Waals surface area contributed by atoms with Crippen molar-refractivity contribution < 1.29 is 9.18 Å². The molecule has 1 heterocycles. The van der Waals surface area contributed by atoms with Crippen LogP contribution in [0.5, 0.6) is 0 Å². The van der Waals surface area contributed by atoms with E-state index in [2.05, 4.69) is 16.2 Å². The van der Waals surface area contributed by atoms with E-state index in [4.69, 9.17) is 0 Å². The van der Waals surface area contributed by atoms with E-state index in [1.54, 1.807) is 12.1 Å². The predicted molar refractivity (Wildman–Crippen MR) is 74.2 cm³/mol. The molecule has 3 N–H and O–H groups in total. The normalized spacial score (nSPS) is 26.9. The van der Waals surface area contributed by atoms with Crippen LogP contribution >= 0.6 is 0 Å². The highest BCUT2D eigenvalue weighted by atomic mass is 19.1. The van der Waals surface area contributed by atoms with Gasteiger partial charge in [0.15, 0.2) is 0 Å². The highest BCUT2D eigenvalue weighted by Gasteiger charge is 2.31. The lowest BCUT2D eigenvalue weighted by Crippen LogP contribution is -2.46. The van der Waals surface area contributed by atoms with Crippen LogP contribution < -0.4 is 16.2 Å². The van der Waals surface area contributed by atoms with Gasteiger partial charge in [0.1, 0.15) is 11.9 Å². The zero-order chi connectivity index (χ0) is 13.9. The molecule has 2 unspecified atom stereocenters. The molecule has 1 aliphatic heterocycles. The van der Waals surface area contributed by atoms with E-state index >= 15 is 0 Å². The summed E-state index contributed by atoms with van der Waals surface area (Å²) < 4.78 is 12.9. The standard InChI is InChI=1S/C15H20FN3O/c16-11-7-5-10(6-8-11)13-9-14(19-18-13)15(20)17-12-3-1-2-4-12/h5-8,12-14,18-19H,1-4,9H2,(H,17,20). The molecule has 1 saturated carbocycles. The van der Waals surface area contributed by atoms with Gasteiger partial charge in [-0.25, -0.2) is 15.2 Å². The van der Waals surface area contributed by atoms with Crippen molar-refractivity contribution in [2.75, 3.05) is 0 Å². The molecular weight excluding hydrogens is 257 g/mol. The predicted octanol–water partition coefficient (Wildman–Crippen LogP) is 1.79. The van der Waals surface area contributed by atoms with Crippen molar-refractivity contribution in [2.45, 2.75) is 50.2 Å². The van der Waals surface area contributed by atoms with Gasteiger partial charge in [-0.05, 0) is 37.0 Å². The first-order valence-corrected chi connectivity index (χ1v) is 7.29. The molecule has 0 spiro atoms. The second-order valence-electron chi connectivity index (χ2n) is 5.67. The molecule has 3 rings (SSSR count). The second-order valence-corrected chi connectivity index (χ2v) is 5.67. The van der Waals surface area contributed by atoms with Crippen molar-refractivity contribution in [2.24, 2.45) is 0 Å². The van der Waals surface area contributed by atoms with Crippen LogP contribution in [0.3, 0.4) is 0 Å². The lowest BCUT2D eigenvalue weighted by molar-refractivity contribution is -0.123. The molecule has 108 valence electrons. The SMILES string of the molecule is O=C(NC1CCCC1)C1CC(c2ccc(F)cc2)NN1. The largest absolute Gasteiger partial charge is 0.352 e. The van der Waals surface area contributed by atoms with Gasteiger partial charge in [0, 0.05) is 12.1 Å². The van der Waals surface area contributed by atoms with E-state index in [9.17, 15) is 9.18 Å².